The molecule has 1 unspecified atom stereocenters. The van der Waals surface area contributed by atoms with Crippen molar-refractivity contribution in [1.29, 1.82) is 0 Å². The van der Waals surface area contributed by atoms with Crippen molar-refractivity contribution in [3.63, 3.8) is 0 Å². The number of unbranched alkanes of at least 4 members (excludes halogenated alkanes) is 5. The zero-order valence-electron chi connectivity index (χ0n) is 17.0. The summed E-state index contributed by atoms with van der Waals surface area (Å²) in [5.41, 5.74) is 0. The Bertz CT molecular complexity index is 740. The molecular formula is C18H32NO7PS2. The zero-order chi connectivity index (χ0) is 22.5. The Morgan fingerprint density at radius 1 is 1.14 bits per heavy atom. The summed E-state index contributed by atoms with van der Waals surface area (Å²) in [6.45, 7) is 5.54. The van der Waals surface area contributed by atoms with E-state index in [1.165, 1.54) is 44.7 Å². The topological polar surface area (TPSA) is 135 Å². The summed E-state index contributed by atoms with van der Waals surface area (Å²) in [6.07, 6.45) is 7.93. The minimum atomic E-state index is -4.64. The fraction of sp³-hybridized carbons (Fsp3) is 0.556. The van der Waals surface area contributed by atoms with Gasteiger partial charge in [-0.1, -0.05) is 56.9 Å². The van der Waals surface area contributed by atoms with Crippen LogP contribution in [0.2, 0.25) is 0 Å². The van der Waals surface area contributed by atoms with Gasteiger partial charge in [-0.05, 0) is 55.7 Å². The number of rotatable bonds is 11. The van der Waals surface area contributed by atoms with Crippen LogP contribution in [0.25, 0.3) is 0 Å². The van der Waals surface area contributed by atoms with Crippen LogP contribution in [0.1, 0.15) is 59.3 Å². The first-order chi connectivity index (χ1) is 13.4. The molecule has 0 aromatic heterocycles. The number of hydrogen-bond acceptors (Lipinski definition) is 5. The highest BCUT2D eigenvalue weighted by atomic mass is 32.3. The lowest BCUT2D eigenvalue weighted by Gasteiger charge is -2.23. The summed E-state index contributed by atoms with van der Waals surface area (Å²) < 4.78 is 35.3. The summed E-state index contributed by atoms with van der Waals surface area (Å²) in [5.74, 6) is 0. The van der Waals surface area contributed by atoms with Gasteiger partial charge in [0.25, 0.3) is 10.0 Å². The van der Waals surface area contributed by atoms with Gasteiger partial charge in [-0.25, -0.2) is 13.0 Å². The van der Waals surface area contributed by atoms with Crippen molar-refractivity contribution in [3.05, 3.63) is 41.3 Å². The van der Waals surface area contributed by atoms with E-state index in [0.29, 0.717) is 0 Å². The Morgan fingerprint density at radius 2 is 1.66 bits per heavy atom. The van der Waals surface area contributed by atoms with Crippen molar-refractivity contribution < 1.29 is 32.8 Å². The van der Waals surface area contributed by atoms with E-state index >= 15 is 0 Å². The molecule has 0 aliphatic heterocycles. The van der Waals surface area contributed by atoms with Crippen LogP contribution in [0.15, 0.2) is 46.2 Å². The molecular weight excluding hydrogens is 437 g/mol. The molecule has 1 rings (SSSR count). The maximum absolute atomic E-state index is 12.7. The second-order valence-electron chi connectivity index (χ2n) is 6.33. The molecule has 8 nitrogen and oxygen atoms in total. The summed E-state index contributed by atoms with van der Waals surface area (Å²) in [7, 11) is -8.37. The molecule has 0 radical (unpaired) electrons. The van der Waals surface area contributed by atoms with E-state index in [1.807, 2.05) is 13.0 Å². The van der Waals surface area contributed by atoms with Gasteiger partial charge in [-0.3, -0.25) is 0 Å². The molecule has 0 saturated heterocycles. The molecule has 1 atom stereocenters. The minimum Gasteiger partial charge on any atom is -0.377 e. The van der Waals surface area contributed by atoms with Gasteiger partial charge < -0.3 is 19.8 Å². The third kappa shape index (κ3) is 14.0. The molecule has 29 heavy (non-hydrogen) atoms. The van der Waals surface area contributed by atoms with Gasteiger partial charge >= 0.3 is 7.82 Å². The monoisotopic (exact) mass is 469 g/mol. The number of hydrogen-bond donors (Lipinski definition) is 4. The average Bonchev–Trinajstić information content (AvgIpc) is 2.61. The molecule has 0 heterocycles. The Balaban J connectivity index is 0.00000139. The van der Waals surface area contributed by atoms with Crippen molar-refractivity contribution in [1.82, 2.24) is 3.71 Å². The van der Waals surface area contributed by atoms with Gasteiger partial charge in [0.1, 0.15) is 6.23 Å². The van der Waals surface area contributed by atoms with Crippen molar-refractivity contribution >= 4 is 29.8 Å². The van der Waals surface area contributed by atoms with Crippen molar-refractivity contribution in [3.8, 4) is 0 Å². The minimum absolute atomic E-state index is 0.186. The first kappa shape index (κ1) is 28.3. The maximum Gasteiger partial charge on any atom is 0.466 e. The number of sulfonamides is 1. The molecule has 0 spiro atoms. The fourth-order valence-corrected chi connectivity index (χ4v) is 5.00. The number of benzene rings is 1. The van der Waals surface area contributed by atoms with Crippen LogP contribution in [-0.2, 0) is 14.6 Å². The molecule has 0 aliphatic carbocycles. The summed E-state index contributed by atoms with van der Waals surface area (Å²) in [5, 5.41) is 9.93. The first-order valence-corrected chi connectivity index (χ1v) is 13.1. The molecule has 0 amide bonds. The molecule has 0 aliphatic rings. The van der Waals surface area contributed by atoms with E-state index in [0.717, 1.165) is 33.4 Å². The largest absolute Gasteiger partial charge is 0.466 e. The van der Waals surface area contributed by atoms with Crippen LogP contribution >= 0.6 is 19.8 Å². The Morgan fingerprint density at radius 3 is 2.14 bits per heavy atom. The maximum atomic E-state index is 12.7. The second kappa shape index (κ2) is 14.3. The fourth-order valence-electron chi connectivity index (χ4n) is 2.25. The zero-order valence-corrected chi connectivity index (χ0v) is 19.5. The van der Waals surface area contributed by atoms with Crippen LogP contribution in [0.4, 0.5) is 0 Å². The first-order valence-electron chi connectivity index (χ1n) is 9.30. The SMILES string of the molecule is CCCCCCC/C=C(\C)SN(C(C)O)S(=O)(=O)c1ccccc1.O=P(O)(O)O. The number of phosphoric acid groups is 1. The van der Waals surface area contributed by atoms with Gasteiger partial charge in [-0.15, -0.1) is 3.71 Å². The predicted octanol–water partition coefficient (Wildman–Crippen LogP) is 4.00. The lowest BCUT2D eigenvalue weighted by Crippen LogP contribution is -2.32. The van der Waals surface area contributed by atoms with E-state index in [4.69, 9.17) is 19.2 Å². The molecule has 1 aromatic carbocycles. The standard InChI is InChI=1S/C18H29NO3S2.H3O4P/c1-4-5-6-7-8-10-13-16(2)23-19(17(3)20)24(21,22)18-14-11-9-12-15-18;1-5(2,3)4/h9,11-15,17,20H,4-8,10H2,1-3H3;(H3,1,2,3,4)/b16-13+;. The molecule has 0 saturated carbocycles. The van der Waals surface area contributed by atoms with E-state index in [-0.39, 0.29) is 4.90 Å². The van der Waals surface area contributed by atoms with E-state index in [2.05, 4.69) is 6.92 Å². The molecule has 0 fully saturated rings. The summed E-state index contributed by atoms with van der Waals surface area (Å²) in [4.78, 5) is 22.6. The van der Waals surface area contributed by atoms with Crippen LogP contribution in [-0.4, -0.2) is 38.1 Å². The van der Waals surface area contributed by atoms with Crippen molar-refractivity contribution in [2.24, 2.45) is 0 Å². The van der Waals surface area contributed by atoms with E-state index in [1.54, 1.807) is 18.2 Å². The molecule has 1 aromatic rings. The molecule has 11 heteroatoms. The van der Waals surface area contributed by atoms with Crippen molar-refractivity contribution in [2.45, 2.75) is 70.4 Å². The van der Waals surface area contributed by atoms with Crippen LogP contribution in [0.3, 0.4) is 0 Å². The smallest absolute Gasteiger partial charge is 0.377 e. The van der Waals surface area contributed by atoms with Crippen LogP contribution < -0.4 is 0 Å². The highest BCUT2D eigenvalue weighted by molar-refractivity contribution is 8.10. The third-order valence-corrected chi connectivity index (χ3v) is 6.96. The van der Waals surface area contributed by atoms with E-state index < -0.39 is 24.1 Å². The van der Waals surface area contributed by atoms with Gasteiger partial charge in [-0.2, -0.15) is 0 Å². The number of aliphatic hydroxyl groups excluding tert-OH is 1. The van der Waals surface area contributed by atoms with Crippen LogP contribution in [0.5, 0.6) is 0 Å². The van der Waals surface area contributed by atoms with E-state index in [9.17, 15) is 13.5 Å². The molecule has 4 N–H and O–H groups in total. The van der Waals surface area contributed by atoms with Gasteiger partial charge in [0.15, 0.2) is 0 Å². The molecule has 0 bridgehead atoms. The molecule has 168 valence electrons. The van der Waals surface area contributed by atoms with Gasteiger partial charge in [0.2, 0.25) is 0 Å². The number of aliphatic hydroxyl groups is 1. The second-order valence-corrected chi connectivity index (χ2v) is 10.6. The predicted molar refractivity (Wildman–Crippen MR) is 116 cm³/mol. The Hall–Kier alpha value is -0.710. The van der Waals surface area contributed by atoms with Crippen LogP contribution in [0, 0.1) is 0 Å². The normalized spacial score (nSPS) is 13.7. The highest BCUT2D eigenvalue weighted by Gasteiger charge is 2.29. The Labute approximate surface area is 178 Å². The quantitative estimate of drug-likeness (QED) is 0.165. The number of allylic oxidation sites excluding steroid dienone is 2. The lowest BCUT2D eigenvalue weighted by atomic mass is 10.1. The number of nitrogens with zero attached hydrogens (tertiary/aromatic N) is 1. The van der Waals surface area contributed by atoms with Gasteiger partial charge in [0, 0.05) is 0 Å². The summed E-state index contributed by atoms with van der Waals surface area (Å²) in [6, 6.07) is 8.20. The summed E-state index contributed by atoms with van der Waals surface area (Å²) >= 11 is 1.08. The highest BCUT2D eigenvalue weighted by Crippen LogP contribution is 2.30. The lowest BCUT2D eigenvalue weighted by molar-refractivity contribution is 0.134. The average molecular weight is 470 g/mol. The Kier molecular flexibility index (Phi) is 14.0. The van der Waals surface area contributed by atoms with Crippen molar-refractivity contribution in [2.75, 3.05) is 0 Å². The van der Waals surface area contributed by atoms with Gasteiger partial charge in [0.05, 0.1) is 4.90 Å². The third-order valence-electron chi connectivity index (χ3n) is 3.56.